The predicted octanol–water partition coefficient (Wildman–Crippen LogP) is 3.13. The Bertz CT molecular complexity index is 1040. The summed E-state index contributed by atoms with van der Waals surface area (Å²) < 4.78 is 4.63. The van der Waals surface area contributed by atoms with Crippen LogP contribution in [-0.4, -0.2) is 29.2 Å². The molecule has 1 aromatic heterocycles. The van der Waals surface area contributed by atoms with E-state index in [0.29, 0.717) is 28.3 Å². The SMILES string of the molecule is COC(=O)c1ccc(NC(=O)c2ccc(Nc3cccc(C#N)c3)nn2)cc1. The molecular formula is C20H15N5O3. The molecule has 3 rings (SSSR count). The Hall–Kier alpha value is -4.25. The van der Waals surface area contributed by atoms with Crippen molar-refractivity contribution in [1.29, 1.82) is 5.26 Å². The number of aromatic nitrogens is 2. The Morgan fingerprint density at radius 2 is 1.79 bits per heavy atom. The van der Waals surface area contributed by atoms with Crippen LogP contribution < -0.4 is 10.6 Å². The lowest BCUT2D eigenvalue weighted by Gasteiger charge is -2.07. The lowest BCUT2D eigenvalue weighted by atomic mass is 10.2. The van der Waals surface area contributed by atoms with Crippen molar-refractivity contribution in [3.63, 3.8) is 0 Å². The first-order valence-electron chi connectivity index (χ1n) is 8.19. The second-order valence-electron chi connectivity index (χ2n) is 5.64. The summed E-state index contributed by atoms with van der Waals surface area (Å²) in [6.07, 6.45) is 0. The van der Waals surface area contributed by atoms with Crippen LogP contribution in [-0.2, 0) is 4.74 Å². The van der Waals surface area contributed by atoms with Crippen LogP contribution in [0.15, 0.2) is 60.7 Å². The van der Waals surface area contributed by atoms with Crippen LogP contribution >= 0.6 is 0 Å². The molecule has 0 aliphatic rings. The smallest absolute Gasteiger partial charge is 0.337 e. The summed E-state index contributed by atoms with van der Waals surface area (Å²) in [7, 11) is 1.30. The van der Waals surface area contributed by atoms with E-state index >= 15 is 0 Å². The van der Waals surface area contributed by atoms with E-state index in [2.05, 4.69) is 31.6 Å². The van der Waals surface area contributed by atoms with Gasteiger partial charge in [-0.05, 0) is 54.6 Å². The summed E-state index contributed by atoms with van der Waals surface area (Å²) in [5, 5.41) is 22.5. The van der Waals surface area contributed by atoms with Crippen molar-refractivity contribution in [2.75, 3.05) is 17.7 Å². The third-order valence-corrected chi connectivity index (χ3v) is 3.73. The number of benzene rings is 2. The second-order valence-corrected chi connectivity index (χ2v) is 5.64. The lowest BCUT2D eigenvalue weighted by Crippen LogP contribution is -2.14. The minimum atomic E-state index is -0.452. The first kappa shape index (κ1) is 18.5. The van der Waals surface area contributed by atoms with Crippen molar-refractivity contribution in [2.24, 2.45) is 0 Å². The molecule has 0 radical (unpaired) electrons. The molecule has 0 bridgehead atoms. The molecule has 1 amide bonds. The first-order chi connectivity index (χ1) is 13.6. The summed E-state index contributed by atoms with van der Waals surface area (Å²) in [6.45, 7) is 0. The average Bonchev–Trinajstić information content (AvgIpc) is 2.74. The van der Waals surface area contributed by atoms with Gasteiger partial charge in [0.05, 0.1) is 24.3 Å². The highest BCUT2D eigenvalue weighted by Crippen LogP contribution is 2.16. The summed E-state index contributed by atoms with van der Waals surface area (Å²) in [5.41, 5.74) is 2.24. The maximum absolute atomic E-state index is 12.3. The van der Waals surface area contributed by atoms with Gasteiger partial charge in [0.15, 0.2) is 11.5 Å². The Morgan fingerprint density at radius 3 is 2.43 bits per heavy atom. The van der Waals surface area contributed by atoms with Gasteiger partial charge in [-0.3, -0.25) is 4.79 Å². The van der Waals surface area contributed by atoms with Crippen LogP contribution in [0.2, 0.25) is 0 Å². The van der Waals surface area contributed by atoms with Gasteiger partial charge in [0, 0.05) is 11.4 Å². The van der Waals surface area contributed by atoms with Gasteiger partial charge in [0.2, 0.25) is 0 Å². The van der Waals surface area contributed by atoms with Crippen molar-refractivity contribution in [3.8, 4) is 6.07 Å². The van der Waals surface area contributed by atoms with Crippen molar-refractivity contribution in [1.82, 2.24) is 10.2 Å². The molecule has 3 aromatic rings. The normalized spacial score (nSPS) is 9.86. The highest BCUT2D eigenvalue weighted by atomic mass is 16.5. The molecule has 0 aliphatic heterocycles. The molecule has 138 valence electrons. The van der Waals surface area contributed by atoms with E-state index in [-0.39, 0.29) is 5.69 Å². The molecule has 1 heterocycles. The van der Waals surface area contributed by atoms with E-state index in [4.69, 9.17) is 5.26 Å². The number of nitrogens with one attached hydrogen (secondary N) is 2. The van der Waals surface area contributed by atoms with Crippen molar-refractivity contribution < 1.29 is 14.3 Å². The summed E-state index contributed by atoms with van der Waals surface area (Å²) in [6, 6.07) is 18.4. The largest absolute Gasteiger partial charge is 0.465 e. The number of hydrogen-bond donors (Lipinski definition) is 2. The summed E-state index contributed by atoms with van der Waals surface area (Å²) >= 11 is 0. The quantitative estimate of drug-likeness (QED) is 0.660. The standard InChI is InChI=1S/C20H15N5O3/c1-28-20(27)14-5-7-15(8-6-14)23-19(26)17-9-10-18(25-24-17)22-16-4-2-3-13(11-16)12-21/h2-11H,1H3,(H,22,25)(H,23,26). The number of nitrogens with zero attached hydrogens (tertiary/aromatic N) is 3. The maximum atomic E-state index is 12.3. The average molecular weight is 373 g/mol. The molecule has 0 saturated heterocycles. The van der Waals surface area contributed by atoms with Crippen molar-refractivity contribution in [2.45, 2.75) is 0 Å². The van der Waals surface area contributed by atoms with E-state index in [9.17, 15) is 9.59 Å². The number of anilines is 3. The topological polar surface area (TPSA) is 117 Å². The fraction of sp³-hybridized carbons (Fsp3) is 0.0500. The van der Waals surface area contributed by atoms with Crippen LogP contribution in [0.25, 0.3) is 0 Å². The number of ether oxygens (including phenoxy) is 1. The molecule has 2 N–H and O–H groups in total. The molecule has 0 spiro atoms. The highest BCUT2D eigenvalue weighted by Gasteiger charge is 2.10. The number of carbonyl (C=O) groups is 2. The molecule has 0 atom stereocenters. The van der Waals surface area contributed by atoms with Crippen molar-refractivity contribution >= 4 is 29.1 Å². The van der Waals surface area contributed by atoms with Crippen LogP contribution in [0.4, 0.5) is 17.2 Å². The highest BCUT2D eigenvalue weighted by molar-refractivity contribution is 6.03. The van der Waals surface area contributed by atoms with Gasteiger partial charge in [0.1, 0.15) is 0 Å². The lowest BCUT2D eigenvalue weighted by molar-refractivity contribution is 0.0600. The number of amides is 1. The van der Waals surface area contributed by atoms with Gasteiger partial charge in [-0.15, -0.1) is 10.2 Å². The van der Waals surface area contributed by atoms with Gasteiger partial charge in [0.25, 0.3) is 5.91 Å². The molecule has 0 fully saturated rings. The minimum Gasteiger partial charge on any atom is -0.465 e. The number of hydrogen-bond acceptors (Lipinski definition) is 7. The van der Waals surface area contributed by atoms with Crippen LogP contribution in [0, 0.1) is 11.3 Å². The summed E-state index contributed by atoms with van der Waals surface area (Å²) in [4.78, 5) is 23.7. The number of esters is 1. The number of nitriles is 1. The Kier molecular flexibility index (Phi) is 5.58. The van der Waals surface area contributed by atoms with E-state index in [0.717, 1.165) is 0 Å². The molecule has 8 nitrogen and oxygen atoms in total. The van der Waals surface area contributed by atoms with Crippen LogP contribution in [0.5, 0.6) is 0 Å². The fourth-order valence-corrected chi connectivity index (χ4v) is 2.34. The second kappa shape index (κ2) is 8.42. The van der Waals surface area contributed by atoms with Gasteiger partial charge < -0.3 is 15.4 Å². The Balaban J connectivity index is 1.65. The Labute approximate surface area is 160 Å². The maximum Gasteiger partial charge on any atom is 0.337 e. The van der Waals surface area contributed by atoms with Gasteiger partial charge in [-0.1, -0.05) is 6.07 Å². The number of carbonyl (C=O) groups excluding carboxylic acids is 2. The van der Waals surface area contributed by atoms with E-state index in [1.807, 2.05) is 0 Å². The molecular weight excluding hydrogens is 358 g/mol. The third kappa shape index (κ3) is 4.47. The summed E-state index contributed by atoms with van der Waals surface area (Å²) in [5.74, 6) is -0.447. The number of rotatable bonds is 5. The molecule has 2 aromatic carbocycles. The number of methoxy groups -OCH3 is 1. The van der Waals surface area contributed by atoms with Crippen LogP contribution in [0.1, 0.15) is 26.4 Å². The third-order valence-electron chi connectivity index (χ3n) is 3.73. The first-order valence-corrected chi connectivity index (χ1v) is 8.19. The Morgan fingerprint density at radius 1 is 1.00 bits per heavy atom. The predicted molar refractivity (Wildman–Crippen MR) is 102 cm³/mol. The molecule has 8 heteroatoms. The zero-order valence-electron chi connectivity index (χ0n) is 14.8. The van der Waals surface area contributed by atoms with Gasteiger partial charge in [-0.25, -0.2) is 4.79 Å². The molecule has 0 unspecified atom stereocenters. The van der Waals surface area contributed by atoms with Gasteiger partial charge in [-0.2, -0.15) is 5.26 Å². The van der Waals surface area contributed by atoms with Crippen molar-refractivity contribution in [3.05, 3.63) is 77.5 Å². The molecule has 0 aliphatic carbocycles. The fourth-order valence-electron chi connectivity index (χ4n) is 2.34. The monoisotopic (exact) mass is 373 g/mol. The zero-order chi connectivity index (χ0) is 19.9. The van der Waals surface area contributed by atoms with Gasteiger partial charge >= 0.3 is 5.97 Å². The zero-order valence-corrected chi connectivity index (χ0v) is 14.8. The van der Waals surface area contributed by atoms with E-state index in [1.165, 1.54) is 13.2 Å². The van der Waals surface area contributed by atoms with Crippen LogP contribution in [0.3, 0.4) is 0 Å². The van der Waals surface area contributed by atoms with E-state index < -0.39 is 11.9 Å². The molecule has 28 heavy (non-hydrogen) atoms. The molecule has 0 saturated carbocycles. The minimum absolute atomic E-state index is 0.133. The van der Waals surface area contributed by atoms with E-state index in [1.54, 1.807) is 54.6 Å².